The van der Waals surface area contributed by atoms with Gasteiger partial charge in [-0.05, 0) is 38.1 Å². The molecular formula is C18H20N2O5S. The summed E-state index contributed by atoms with van der Waals surface area (Å²) in [6, 6.07) is 7.46. The van der Waals surface area contributed by atoms with E-state index in [2.05, 4.69) is 10.3 Å². The van der Waals surface area contributed by atoms with Crippen LogP contribution in [0.5, 0.6) is 5.75 Å². The Hall–Kier alpha value is -2.45. The van der Waals surface area contributed by atoms with Crippen LogP contribution in [0.15, 0.2) is 29.6 Å². The van der Waals surface area contributed by atoms with Crippen molar-refractivity contribution in [2.45, 2.75) is 31.9 Å². The number of nitrogens with one attached hydrogen (secondary N) is 1. The smallest absolute Gasteiger partial charge is 0.331 e. The number of amides is 1. The molecule has 2 heterocycles. The van der Waals surface area contributed by atoms with Gasteiger partial charge in [-0.1, -0.05) is 0 Å². The number of hydrogen-bond donors (Lipinski definition) is 2. The number of carbonyl (C=O) groups is 2. The van der Waals surface area contributed by atoms with Crippen molar-refractivity contribution < 1.29 is 24.2 Å². The number of aliphatic carboxylic acids is 1. The number of aromatic nitrogens is 1. The first-order valence-corrected chi connectivity index (χ1v) is 9.14. The molecule has 0 spiro atoms. The number of hydrogen-bond acceptors (Lipinski definition) is 6. The summed E-state index contributed by atoms with van der Waals surface area (Å²) in [4.78, 5) is 28.3. The number of benzene rings is 1. The number of carboxylic acid groups (broad SMARTS) is 1. The Morgan fingerprint density at radius 1 is 1.35 bits per heavy atom. The molecule has 1 aliphatic rings. The zero-order chi connectivity index (χ0) is 18.7. The molecule has 3 rings (SSSR count). The molecule has 0 saturated carbocycles. The van der Waals surface area contributed by atoms with Gasteiger partial charge in [-0.3, -0.25) is 4.79 Å². The normalized spacial score (nSPS) is 19.5. The van der Waals surface area contributed by atoms with Crippen LogP contribution in [0.3, 0.4) is 0 Å². The minimum Gasteiger partial charge on any atom is -0.491 e. The number of carbonyl (C=O) groups excluding carboxylic acids is 1. The molecule has 0 aliphatic carbocycles. The molecule has 2 N–H and O–H groups in total. The predicted octanol–water partition coefficient (Wildman–Crippen LogP) is 2.57. The van der Waals surface area contributed by atoms with Crippen molar-refractivity contribution in [2.75, 3.05) is 13.2 Å². The lowest BCUT2D eigenvalue weighted by atomic mass is 9.99. The summed E-state index contributed by atoms with van der Waals surface area (Å²) < 4.78 is 10.8. The van der Waals surface area contributed by atoms with E-state index >= 15 is 0 Å². The van der Waals surface area contributed by atoms with E-state index in [1.165, 1.54) is 11.3 Å². The molecule has 1 amide bonds. The van der Waals surface area contributed by atoms with E-state index in [4.69, 9.17) is 9.47 Å². The van der Waals surface area contributed by atoms with Gasteiger partial charge in [0.25, 0.3) is 5.91 Å². The quantitative estimate of drug-likeness (QED) is 0.804. The molecule has 1 atom stereocenters. The van der Waals surface area contributed by atoms with E-state index in [-0.39, 0.29) is 24.8 Å². The van der Waals surface area contributed by atoms with Crippen LogP contribution in [0.25, 0.3) is 10.6 Å². The maximum absolute atomic E-state index is 12.4. The van der Waals surface area contributed by atoms with Crippen molar-refractivity contribution >= 4 is 23.2 Å². The maximum Gasteiger partial charge on any atom is 0.331 e. The van der Waals surface area contributed by atoms with E-state index in [0.29, 0.717) is 11.6 Å². The fourth-order valence-corrected chi connectivity index (χ4v) is 3.43. The molecule has 138 valence electrons. The van der Waals surface area contributed by atoms with Crippen LogP contribution < -0.4 is 10.1 Å². The second-order valence-corrected chi connectivity index (χ2v) is 7.23. The van der Waals surface area contributed by atoms with Crippen molar-refractivity contribution in [3.05, 3.63) is 35.3 Å². The van der Waals surface area contributed by atoms with Crippen molar-refractivity contribution in [2.24, 2.45) is 0 Å². The molecule has 0 radical (unpaired) electrons. The first-order chi connectivity index (χ1) is 12.4. The Morgan fingerprint density at radius 2 is 2.08 bits per heavy atom. The van der Waals surface area contributed by atoms with E-state index in [1.54, 1.807) is 5.38 Å². The van der Waals surface area contributed by atoms with Gasteiger partial charge in [0.05, 0.1) is 12.7 Å². The second-order valence-electron chi connectivity index (χ2n) is 6.37. The summed E-state index contributed by atoms with van der Waals surface area (Å²) in [7, 11) is 0. The summed E-state index contributed by atoms with van der Waals surface area (Å²) in [5.41, 5.74) is -0.321. The van der Waals surface area contributed by atoms with Crippen molar-refractivity contribution in [1.29, 1.82) is 0 Å². The van der Waals surface area contributed by atoms with Gasteiger partial charge >= 0.3 is 5.97 Å². The number of thiazole rings is 1. The molecule has 7 nitrogen and oxygen atoms in total. The Kier molecular flexibility index (Phi) is 5.24. The number of ether oxygens (including phenoxy) is 2. The Balaban J connectivity index is 1.73. The van der Waals surface area contributed by atoms with Crippen molar-refractivity contribution in [3.8, 4) is 16.3 Å². The zero-order valence-electron chi connectivity index (χ0n) is 14.5. The molecule has 1 fully saturated rings. The molecule has 1 aromatic heterocycles. The number of carboxylic acids is 1. The third-order valence-corrected chi connectivity index (χ3v) is 4.89. The van der Waals surface area contributed by atoms with Gasteiger partial charge in [-0.25, -0.2) is 9.78 Å². The molecule has 26 heavy (non-hydrogen) atoms. The molecule has 1 aliphatic heterocycles. The standard InChI is InChI=1S/C18H20N2O5S/c1-11(2)25-13-5-3-12(4-6-13)16-19-14(9-26-16)15(21)20-18(17(22)23)7-8-24-10-18/h3-6,9,11H,7-8,10H2,1-2H3,(H,20,21)(H,22,23). The molecule has 8 heteroatoms. The summed E-state index contributed by atoms with van der Waals surface area (Å²) in [5, 5.41) is 14.3. The largest absolute Gasteiger partial charge is 0.491 e. The SMILES string of the molecule is CC(C)Oc1ccc(-c2nc(C(=O)NC3(C(=O)O)CCOC3)cs2)cc1. The predicted molar refractivity (Wildman–Crippen MR) is 96.6 cm³/mol. The van der Waals surface area contributed by atoms with E-state index in [9.17, 15) is 14.7 Å². The molecule has 1 unspecified atom stereocenters. The van der Waals surface area contributed by atoms with Gasteiger partial charge < -0.3 is 19.9 Å². The van der Waals surface area contributed by atoms with E-state index in [0.717, 1.165) is 11.3 Å². The highest BCUT2D eigenvalue weighted by molar-refractivity contribution is 7.13. The average Bonchev–Trinajstić information content (AvgIpc) is 3.25. The summed E-state index contributed by atoms with van der Waals surface area (Å²) in [6.07, 6.45) is 0.333. The molecule has 2 aromatic rings. The van der Waals surface area contributed by atoms with Crippen LogP contribution in [-0.2, 0) is 9.53 Å². The number of nitrogens with zero attached hydrogens (tertiary/aromatic N) is 1. The topological polar surface area (TPSA) is 97.8 Å². The maximum atomic E-state index is 12.4. The molecule has 0 bridgehead atoms. The fourth-order valence-electron chi connectivity index (χ4n) is 2.63. The Labute approximate surface area is 155 Å². The van der Waals surface area contributed by atoms with Gasteiger partial charge in [-0.2, -0.15) is 0 Å². The van der Waals surface area contributed by atoms with Crippen LogP contribution in [0, 0.1) is 0 Å². The summed E-state index contributed by atoms with van der Waals surface area (Å²) >= 11 is 1.32. The Morgan fingerprint density at radius 3 is 2.65 bits per heavy atom. The van der Waals surface area contributed by atoms with Gasteiger partial charge in [-0.15, -0.1) is 11.3 Å². The highest BCUT2D eigenvalue weighted by Crippen LogP contribution is 2.27. The van der Waals surface area contributed by atoms with Crippen molar-refractivity contribution in [1.82, 2.24) is 10.3 Å². The monoisotopic (exact) mass is 376 g/mol. The first-order valence-electron chi connectivity index (χ1n) is 8.26. The lowest BCUT2D eigenvalue weighted by Gasteiger charge is -2.22. The number of rotatable bonds is 6. The highest BCUT2D eigenvalue weighted by atomic mass is 32.1. The van der Waals surface area contributed by atoms with Gasteiger partial charge in [0.2, 0.25) is 0 Å². The lowest BCUT2D eigenvalue weighted by Crippen LogP contribution is -2.55. The fraction of sp³-hybridized carbons (Fsp3) is 0.389. The third-order valence-electron chi connectivity index (χ3n) is 3.99. The summed E-state index contributed by atoms with van der Waals surface area (Å²) in [5.74, 6) is -0.845. The minimum atomic E-state index is -1.38. The molecular weight excluding hydrogens is 356 g/mol. The van der Waals surface area contributed by atoms with Gasteiger partial charge in [0, 0.05) is 24.0 Å². The van der Waals surface area contributed by atoms with Crippen molar-refractivity contribution in [3.63, 3.8) is 0 Å². The first kappa shape index (κ1) is 18.3. The Bertz CT molecular complexity index is 794. The van der Waals surface area contributed by atoms with E-state index in [1.807, 2.05) is 38.1 Å². The molecule has 1 saturated heterocycles. The van der Waals surface area contributed by atoms with Crippen LogP contribution in [0.2, 0.25) is 0 Å². The minimum absolute atomic E-state index is 0.0393. The van der Waals surface area contributed by atoms with Crippen LogP contribution >= 0.6 is 11.3 Å². The van der Waals surface area contributed by atoms with Crippen LogP contribution in [0.4, 0.5) is 0 Å². The van der Waals surface area contributed by atoms with Crippen LogP contribution in [0.1, 0.15) is 30.8 Å². The van der Waals surface area contributed by atoms with Crippen LogP contribution in [-0.4, -0.2) is 46.8 Å². The van der Waals surface area contributed by atoms with E-state index < -0.39 is 17.4 Å². The third kappa shape index (κ3) is 3.86. The molecule has 1 aromatic carbocycles. The summed E-state index contributed by atoms with van der Waals surface area (Å²) in [6.45, 7) is 4.18. The zero-order valence-corrected chi connectivity index (χ0v) is 15.3. The highest BCUT2D eigenvalue weighted by Gasteiger charge is 2.44. The second kappa shape index (κ2) is 7.43. The van der Waals surface area contributed by atoms with Gasteiger partial charge in [0.1, 0.15) is 16.5 Å². The lowest BCUT2D eigenvalue weighted by molar-refractivity contribution is -0.144. The van der Waals surface area contributed by atoms with Gasteiger partial charge in [0.15, 0.2) is 5.54 Å². The average molecular weight is 376 g/mol.